The van der Waals surface area contributed by atoms with Crippen LogP contribution in [0.4, 0.5) is 0 Å². The van der Waals surface area contributed by atoms with Crippen molar-refractivity contribution in [2.45, 2.75) is 64.8 Å². The Morgan fingerprint density at radius 2 is 1.24 bits per heavy atom. The number of furan rings is 1. The standard InChI is InChI=1S/C56H45N4O.Ir/c1-37(2)51-32-54(50-16-10-15-48-49-26-25-46(33-57)38(3)55(49)61-56(48)50)60-36-47(51)24-21-43-30-41(19-17-39-22-27-52(58-34-39)44-11-6-4-7-12-44)29-42(31-43)20-18-40-23-28-53(59-35-40)45-13-8-5-9-14-45;/h4-11,13,15,22-23,25-32,34-37H,17-21,24H2,1-3H3;/q-3;+3/i3D3,17D2,18D2,19D2,20D2,21D2,24D2,25D,37D;. The maximum Gasteiger partial charge on any atom is 3.00 e. The van der Waals surface area contributed by atoms with Crippen LogP contribution in [0.1, 0.15) is 93.1 Å². The summed E-state index contributed by atoms with van der Waals surface area (Å²) in [5, 5.41) is 10.4. The van der Waals surface area contributed by atoms with Gasteiger partial charge in [0.2, 0.25) is 0 Å². The molecule has 9 aromatic rings. The van der Waals surface area contributed by atoms with Crippen molar-refractivity contribution >= 4 is 21.9 Å². The molecular weight excluding hydrogens is 937 g/mol. The molecule has 0 aliphatic carbocycles. The molecule has 4 aromatic heterocycles. The van der Waals surface area contributed by atoms with Gasteiger partial charge in [0, 0.05) is 51.5 Å². The minimum absolute atomic E-state index is 0. The minimum Gasteiger partial charge on any atom is -0.500 e. The van der Waals surface area contributed by atoms with E-state index in [4.69, 9.17) is 9.90 Å². The molecule has 0 bridgehead atoms. The second-order valence-electron chi connectivity index (χ2n) is 14.2. The van der Waals surface area contributed by atoms with Gasteiger partial charge in [-0.1, -0.05) is 79.4 Å². The fourth-order valence-corrected chi connectivity index (χ4v) is 6.76. The van der Waals surface area contributed by atoms with Crippen molar-refractivity contribution in [3.63, 3.8) is 0 Å². The van der Waals surface area contributed by atoms with Gasteiger partial charge < -0.3 is 19.4 Å². The van der Waals surface area contributed by atoms with Gasteiger partial charge in [-0.05, 0) is 113 Å². The zero-order chi connectivity index (χ0) is 56.8. The van der Waals surface area contributed by atoms with E-state index in [9.17, 15) is 23.1 Å². The van der Waals surface area contributed by atoms with Crippen molar-refractivity contribution in [1.29, 1.82) is 5.26 Å². The Hall–Kier alpha value is -6.51. The molecule has 9 rings (SSSR count). The van der Waals surface area contributed by atoms with Crippen LogP contribution in [0.25, 0.3) is 55.7 Å². The third-order valence-electron chi connectivity index (χ3n) is 9.81. The van der Waals surface area contributed by atoms with E-state index in [-0.39, 0.29) is 70.6 Å². The summed E-state index contributed by atoms with van der Waals surface area (Å²) >= 11 is 0. The van der Waals surface area contributed by atoms with Crippen LogP contribution >= 0.6 is 0 Å². The Morgan fingerprint density at radius 3 is 1.77 bits per heavy atom. The number of fused-ring (bicyclic) bond motifs is 3. The molecule has 62 heavy (non-hydrogen) atoms. The number of hydrogen-bond donors (Lipinski definition) is 0. The molecule has 4 heterocycles. The van der Waals surface area contributed by atoms with Gasteiger partial charge in [0.05, 0.1) is 18.6 Å². The predicted molar refractivity (Wildman–Crippen MR) is 245 cm³/mol. The summed E-state index contributed by atoms with van der Waals surface area (Å²) in [5.41, 5.74) is -2.05. The number of rotatable bonds is 13. The Labute approximate surface area is 401 Å². The van der Waals surface area contributed by atoms with E-state index >= 15 is 0 Å². The fourth-order valence-electron chi connectivity index (χ4n) is 6.76. The van der Waals surface area contributed by atoms with Gasteiger partial charge in [-0.3, -0.25) is 0 Å². The minimum atomic E-state index is -3.33. The van der Waals surface area contributed by atoms with Crippen LogP contribution in [0.3, 0.4) is 0 Å². The molecule has 0 N–H and O–H groups in total. The molecule has 0 spiro atoms. The number of nitriles is 1. The van der Waals surface area contributed by atoms with Crippen molar-refractivity contribution in [2.75, 3.05) is 0 Å². The Kier molecular flexibility index (Phi) is 8.01. The molecule has 0 atom stereocenters. The zero-order valence-electron chi connectivity index (χ0n) is 50.2. The Bertz CT molecular complexity index is 3670. The summed E-state index contributed by atoms with van der Waals surface area (Å²) in [6.45, 7) is -0.0374. The van der Waals surface area contributed by atoms with Crippen LogP contribution in [0.2, 0.25) is 0 Å². The van der Waals surface area contributed by atoms with Crippen LogP contribution in [-0.4, -0.2) is 15.0 Å². The summed E-state index contributed by atoms with van der Waals surface area (Å²) in [7, 11) is 0. The van der Waals surface area contributed by atoms with Crippen molar-refractivity contribution in [2.24, 2.45) is 0 Å². The fraction of sp³-hybridized carbons (Fsp3) is 0.179. The average Bonchev–Trinajstić information content (AvgIpc) is 3.99. The van der Waals surface area contributed by atoms with E-state index in [0.29, 0.717) is 27.9 Å². The van der Waals surface area contributed by atoms with Gasteiger partial charge in [-0.25, -0.2) is 0 Å². The number of pyridine rings is 3. The molecule has 304 valence electrons. The molecule has 0 saturated heterocycles. The van der Waals surface area contributed by atoms with Crippen LogP contribution in [0.5, 0.6) is 0 Å². The van der Waals surface area contributed by atoms with E-state index in [1.807, 2.05) is 0 Å². The second kappa shape index (κ2) is 19.0. The summed E-state index contributed by atoms with van der Waals surface area (Å²) in [4.78, 5) is 13.2. The third kappa shape index (κ3) is 9.21. The number of aryl methyl sites for hydroxylation is 7. The Balaban J connectivity index is 0.00000822. The van der Waals surface area contributed by atoms with Crippen molar-refractivity contribution < 1.29 is 47.8 Å². The number of hydrogen-bond acceptors (Lipinski definition) is 5. The maximum absolute atomic E-state index is 9.86. The molecule has 5 nitrogen and oxygen atoms in total. The first-order valence-corrected chi connectivity index (χ1v) is 19.2. The first-order valence-electron chi connectivity index (χ1n) is 27.7. The molecule has 0 radical (unpaired) electrons. The van der Waals surface area contributed by atoms with Gasteiger partial charge in [0.15, 0.2) is 0 Å². The molecule has 6 heteroatoms. The number of aromatic nitrogens is 3. The van der Waals surface area contributed by atoms with Crippen molar-refractivity contribution in [3.8, 4) is 39.8 Å². The summed E-state index contributed by atoms with van der Waals surface area (Å²) in [5.74, 6) is -1.73. The van der Waals surface area contributed by atoms with Crippen molar-refractivity contribution in [3.05, 3.63) is 208 Å². The van der Waals surface area contributed by atoms with Crippen LogP contribution < -0.4 is 0 Å². The summed E-state index contributed by atoms with van der Waals surface area (Å²) in [6.07, 6.45) is -15.7. The van der Waals surface area contributed by atoms with E-state index < -0.39 is 84.4 Å². The summed E-state index contributed by atoms with van der Waals surface area (Å²) in [6, 6.07) is 38.3. The molecule has 5 aromatic carbocycles. The Morgan fingerprint density at radius 1 is 0.661 bits per heavy atom. The van der Waals surface area contributed by atoms with E-state index in [1.54, 1.807) is 60.7 Å². The van der Waals surface area contributed by atoms with Gasteiger partial charge >= 0.3 is 20.1 Å². The molecular formula is C56H45IrN4O. The topological polar surface area (TPSA) is 75.6 Å². The SMILES string of the molecule is [2H]c1cc2c(oc3c(-c4cc(C([2H])(C)C)c(C([2H])([2H])C([2H])([2H])c5cc(C([2H])([2H])C([2H])([2H])c6ccc(-c7[c-]cccc7)nc6)cc(C([2H])([2H])C([2H])([2H])c6ccc(-c7[c-]cccc7)nc6)c5)cn4)[c-]ccc32)c(C([2H])([2H])[2H])c1C#N.[Ir+3]. The van der Waals surface area contributed by atoms with Crippen LogP contribution in [0.15, 0.2) is 144 Å². The van der Waals surface area contributed by atoms with Crippen molar-refractivity contribution in [1.82, 2.24) is 15.0 Å². The molecule has 0 unspecified atom stereocenters. The quantitative estimate of drug-likeness (QED) is 0.108. The average molecular weight is 999 g/mol. The van der Waals surface area contributed by atoms with Crippen LogP contribution in [-0.2, 0) is 58.3 Å². The van der Waals surface area contributed by atoms with Gasteiger partial charge in [0.25, 0.3) is 0 Å². The van der Waals surface area contributed by atoms with Crippen LogP contribution in [0, 0.1) is 36.4 Å². The molecule has 0 saturated carbocycles. The first kappa shape index (κ1) is 26.1. The molecule has 0 aliphatic heterocycles. The van der Waals surface area contributed by atoms with Gasteiger partial charge in [-0.15, -0.1) is 90.0 Å². The van der Waals surface area contributed by atoms with Gasteiger partial charge in [0.1, 0.15) is 5.58 Å². The van der Waals surface area contributed by atoms with E-state index in [0.717, 1.165) is 36.8 Å². The molecule has 0 fully saturated rings. The first-order chi connectivity index (χ1) is 36.3. The predicted octanol–water partition coefficient (Wildman–Crippen LogP) is 12.8. The van der Waals surface area contributed by atoms with E-state index in [2.05, 4.69) is 33.2 Å². The normalized spacial score (nSPS) is 17.0. The number of benzene rings is 5. The largest absolute Gasteiger partial charge is 3.00 e. The smallest absolute Gasteiger partial charge is 0.500 e. The third-order valence-corrected chi connectivity index (χ3v) is 9.81. The monoisotopic (exact) mass is 999 g/mol. The van der Waals surface area contributed by atoms with E-state index in [1.165, 1.54) is 56.3 Å². The number of nitrogens with zero attached hydrogens (tertiary/aromatic N) is 4. The van der Waals surface area contributed by atoms with Gasteiger partial charge in [-0.2, -0.15) is 5.26 Å². The summed E-state index contributed by atoms with van der Waals surface area (Å²) < 4.78 is 162. The zero-order valence-corrected chi connectivity index (χ0v) is 35.6. The second-order valence-corrected chi connectivity index (χ2v) is 14.2. The molecule has 0 aliphatic rings. The maximum atomic E-state index is 9.86. The molecule has 0 amide bonds.